The lowest BCUT2D eigenvalue weighted by Crippen LogP contribution is -2.33. The maximum absolute atomic E-state index is 10.8. The Morgan fingerprint density at radius 2 is 2.00 bits per heavy atom. The number of carbonyl (C=O) groups is 1. The molecule has 1 saturated carbocycles. The van der Waals surface area contributed by atoms with E-state index < -0.39 is 5.97 Å². The molecule has 2 aliphatic rings. The summed E-state index contributed by atoms with van der Waals surface area (Å²) in [5.41, 5.74) is 0.0874. The molecule has 1 aliphatic carbocycles. The highest BCUT2D eigenvalue weighted by Gasteiger charge is 2.46. The SMILES string of the molecule is O=C(O)CC1(C2CC2)CCOCC1. The van der Waals surface area contributed by atoms with E-state index in [-0.39, 0.29) is 5.41 Å². The van der Waals surface area contributed by atoms with Crippen LogP contribution in [-0.4, -0.2) is 24.3 Å². The van der Waals surface area contributed by atoms with Crippen LogP contribution in [0.3, 0.4) is 0 Å². The van der Waals surface area contributed by atoms with E-state index in [0.29, 0.717) is 12.3 Å². The molecule has 0 aromatic heterocycles. The number of carboxylic acid groups (broad SMARTS) is 1. The van der Waals surface area contributed by atoms with Gasteiger partial charge in [0.2, 0.25) is 0 Å². The molecule has 2 rings (SSSR count). The minimum Gasteiger partial charge on any atom is -0.481 e. The summed E-state index contributed by atoms with van der Waals surface area (Å²) < 4.78 is 5.29. The maximum atomic E-state index is 10.8. The van der Waals surface area contributed by atoms with E-state index in [9.17, 15) is 4.79 Å². The van der Waals surface area contributed by atoms with Crippen LogP contribution < -0.4 is 0 Å². The van der Waals surface area contributed by atoms with Crippen LogP contribution in [0.2, 0.25) is 0 Å². The minimum atomic E-state index is -0.645. The Morgan fingerprint density at radius 1 is 1.38 bits per heavy atom. The van der Waals surface area contributed by atoms with Gasteiger partial charge in [0, 0.05) is 13.2 Å². The van der Waals surface area contributed by atoms with Gasteiger partial charge in [-0.3, -0.25) is 4.79 Å². The van der Waals surface area contributed by atoms with Gasteiger partial charge in [-0.1, -0.05) is 0 Å². The first-order chi connectivity index (χ1) is 6.23. The summed E-state index contributed by atoms with van der Waals surface area (Å²) in [6.45, 7) is 1.51. The molecular weight excluding hydrogens is 168 g/mol. The van der Waals surface area contributed by atoms with Crippen molar-refractivity contribution >= 4 is 5.97 Å². The summed E-state index contributed by atoms with van der Waals surface area (Å²) in [6.07, 6.45) is 4.70. The van der Waals surface area contributed by atoms with E-state index >= 15 is 0 Å². The van der Waals surface area contributed by atoms with Crippen LogP contribution in [0.4, 0.5) is 0 Å². The molecule has 1 aliphatic heterocycles. The third-order valence-electron chi connectivity index (χ3n) is 3.44. The van der Waals surface area contributed by atoms with Gasteiger partial charge in [-0.15, -0.1) is 0 Å². The van der Waals surface area contributed by atoms with Crippen molar-refractivity contribution in [2.24, 2.45) is 11.3 Å². The highest BCUT2D eigenvalue weighted by Crippen LogP contribution is 2.53. The topological polar surface area (TPSA) is 46.5 Å². The molecule has 0 unspecified atom stereocenters. The lowest BCUT2D eigenvalue weighted by atomic mass is 9.73. The van der Waals surface area contributed by atoms with Gasteiger partial charge in [-0.2, -0.15) is 0 Å². The molecule has 2 fully saturated rings. The highest BCUT2D eigenvalue weighted by atomic mass is 16.5. The normalized spacial score (nSPS) is 27.1. The predicted molar refractivity (Wildman–Crippen MR) is 47.5 cm³/mol. The Hall–Kier alpha value is -0.570. The second kappa shape index (κ2) is 3.29. The minimum absolute atomic E-state index is 0.0874. The first-order valence-electron chi connectivity index (χ1n) is 5.02. The number of carboxylic acids is 1. The summed E-state index contributed by atoms with van der Waals surface area (Å²) in [5, 5.41) is 8.87. The van der Waals surface area contributed by atoms with Crippen molar-refractivity contribution in [3.05, 3.63) is 0 Å². The van der Waals surface area contributed by atoms with Crippen molar-refractivity contribution in [1.82, 2.24) is 0 Å². The van der Waals surface area contributed by atoms with Gasteiger partial charge in [0.05, 0.1) is 6.42 Å². The zero-order valence-electron chi connectivity index (χ0n) is 7.79. The van der Waals surface area contributed by atoms with Crippen LogP contribution in [0.1, 0.15) is 32.1 Å². The first-order valence-corrected chi connectivity index (χ1v) is 5.02. The summed E-state index contributed by atoms with van der Waals surface area (Å²) in [6, 6.07) is 0. The van der Waals surface area contributed by atoms with Crippen LogP contribution in [-0.2, 0) is 9.53 Å². The van der Waals surface area contributed by atoms with E-state index in [1.807, 2.05) is 0 Å². The van der Waals surface area contributed by atoms with Gasteiger partial charge < -0.3 is 9.84 Å². The molecule has 0 spiro atoms. The van der Waals surface area contributed by atoms with E-state index in [1.165, 1.54) is 12.8 Å². The fourth-order valence-electron chi connectivity index (χ4n) is 2.50. The quantitative estimate of drug-likeness (QED) is 0.725. The highest BCUT2D eigenvalue weighted by molar-refractivity contribution is 5.67. The third-order valence-corrected chi connectivity index (χ3v) is 3.44. The molecule has 0 amide bonds. The number of aliphatic carboxylic acids is 1. The molecule has 0 aromatic rings. The Kier molecular flexibility index (Phi) is 2.28. The smallest absolute Gasteiger partial charge is 0.303 e. The third kappa shape index (κ3) is 1.85. The molecule has 13 heavy (non-hydrogen) atoms. The molecular formula is C10H16O3. The Balaban J connectivity index is 2.04. The Bertz CT molecular complexity index is 202. The maximum Gasteiger partial charge on any atom is 0.303 e. The average Bonchev–Trinajstić information content (AvgIpc) is 2.86. The van der Waals surface area contributed by atoms with E-state index in [4.69, 9.17) is 9.84 Å². The lowest BCUT2D eigenvalue weighted by Gasteiger charge is -2.36. The van der Waals surface area contributed by atoms with Crippen LogP contribution >= 0.6 is 0 Å². The number of hydrogen-bond acceptors (Lipinski definition) is 2. The fourth-order valence-corrected chi connectivity index (χ4v) is 2.50. The summed E-state index contributed by atoms with van der Waals surface area (Å²) >= 11 is 0. The molecule has 74 valence electrons. The Morgan fingerprint density at radius 3 is 2.46 bits per heavy atom. The summed E-state index contributed by atoms with van der Waals surface area (Å²) in [5.74, 6) is 0.0290. The van der Waals surface area contributed by atoms with E-state index in [2.05, 4.69) is 0 Å². The standard InChI is InChI=1S/C10H16O3/c11-9(12)7-10(8-1-2-8)3-5-13-6-4-10/h8H,1-7H2,(H,11,12). The average molecular weight is 184 g/mol. The lowest BCUT2D eigenvalue weighted by molar-refractivity contribution is -0.142. The zero-order chi connectivity index (χ0) is 9.31. The van der Waals surface area contributed by atoms with Gasteiger partial charge >= 0.3 is 5.97 Å². The van der Waals surface area contributed by atoms with E-state index in [0.717, 1.165) is 26.1 Å². The molecule has 0 atom stereocenters. The molecule has 3 nitrogen and oxygen atoms in total. The molecule has 0 radical (unpaired) electrons. The van der Waals surface area contributed by atoms with E-state index in [1.54, 1.807) is 0 Å². The molecule has 3 heteroatoms. The van der Waals surface area contributed by atoms with Crippen molar-refractivity contribution in [2.75, 3.05) is 13.2 Å². The molecule has 0 aromatic carbocycles. The number of ether oxygens (including phenoxy) is 1. The molecule has 1 heterocycles. The second-order valence-electron chi connectivity index (χ2n) is 4.32. The van der Waals surface area contributed by atoms with Crippen molar-refractivity contribution in [2.45, 2.75) is 32.1 Å². The van der Waals surface area contributed by atoms with Gasteiger partial charge in [0.15, 0.2) is 0 Å². The number of hydrogen-bond donors (Lipinski definition) is 1. The predicted octanol–water partition coefficient (Wildman–Crippen LogP) is 1.67. The summed E-state index contributed by atoms with van der Waals surface area (Å²) in [7, 11) is 0. The van der Waals surface area contributed by atoms with Crippen LogP contribution in [0.25, 0.3) is 0 Å². The fraction of sp³-hybridized carbons (Fsp3) is 0.900. The van der Waals surface area contributed by atoms with Gasteiger partial charge in [-0.05, 0) is 37.0 Å². The van der Waals surface area contributed by atoms with Crippen LogP contribution in [0.5, 0.6) is 0 Å². The monoisotopic (exact) mass is 184 g/mol. The number of rotatable bonds is 3. The van der Waals surface area contributed by atoms with Crippen molar-refractivity contribution in [1.29, 1.82) is 0 Å². The zero-order valence-corrected chi connectivity index (χ0v) is 7.79. The largest absolute Gasteiger partial charge is 0.481 e. The molecule has 1 saturated heterocycles. The van der Waals surface area contributed by atoms with Crippen molar-refractivity contribution < 1.29 is 14.6 Å². The summed E-state index contributed by atoms with van der Waals surface area (Å²) in [4.78, 5) is 10.8. The molecule has 0 bridgehead atoms. The Labute approximate surface area is 78.1 Å². The van der Waals surface area contributed by atoms with Crippen molar-refractivity contribution in [3.8, 4) is 0 Å². The van der Waals surface area contributed by atoms with Gasteiger partial charge in [0.1, 0.15) is 0 Å². The molecule has 1 N–H and O–H groups in total. The van der Waals surface area contributed by atoms with Crippen LogP contribution in [0, 0.1) is 11.3 Å². The van der Waals surface area contributed by atoms with Crippen molar-refractivity contribution in [3.63, 3.8) is 0 Å². The van der Waals surface area contributed by atoms with Crippen LogP contribution in [0.15, 0.2) is 0 Å². The first kappa shape index (κ1) is 9.00. The van der Waals surface area contributed by atoms with Gasteiger partial charge in [0.25, 0.3) is 0 Å². The second-order valence-corrected chi connectivity index (χ2v) is 4.32. The van der Waals surface area contributed by atoms with Gasteiger partial charge in [-0.25, -0.2) is 0 Å².